The lowest BCUT2D eigenvalue weighted by Gasteiger charge is -2.32. The molecule has 0 aromatic heterocycles. The molecule has 0 amide bonds. The van der Waals surface area contributed by atoms with E-state index in [9.17, 15) is 0 Å². The van der Waals surface area contributed by atoms with Gasteiger partial charge in [-0.3, -0.25) is 4.99 Å². The number of rotatable bonds is 5. The van der Waals surface area contributed by atoms with Crippen LogP contribution in [0.5, 0.6) is 0 Å². The zero-order valence-electron chi connectivity index (χ0n) is 15.1. The molecular formula is C20H32N4. The van der Waals surface area contributed by atoms with E-state index in [1.807, 2.05) is 0 Å². The SMILES string of the molecule is CC(CCN=C(N)Nc1cccc2c1CCCC2)N1CCCCC1. The topological polar surface area (TPSA) is 53.6 Å². The zero-order valence-corrected chi connectivity index (χ0v) is 15.1. The molecule has 1 aromatic carbocycles. The van der Waals surface area contributed by atoms with Crippen molar-refractivity contribution in [2.45, 2.75) is 64.3 Å². The van der Waals surface area contributed by atoms with Gasteiger partial charge in [0, 0.05) is 18.3 Å². The van der Waals surface area contributed by atoms with Crippen molar-refractivity contribution >= 4 is 11.6 Å². The fourth-order valence-electron chi connectivity index (χ4n) is 3.99. The first-order chi connectivity index (χ1) is 11.7. The summed E-state index contributed by atoms with van der Waals surface area (Å²) in [4.78, 5) is 7.15. The average molecular weight is 329 g/mol. The molecule has 1 aromatic rings. The van der Waals surface area contributed by atoms with Crippen LogP contribution in [0.3, 0.4) is 0 Å². The first-order valence-electron chi connectivity index (χ1n) is 9.66. The Hall–Kier alpha value is -1.55. The molecule has 3 rings (SSSR count). The van der Waals surface area contributed by atoms with E-state index in [1.165, 1.54) is 62.7 Å². The van der Waals surface area contributed by atoms with Crippen LogP contribution in [0, 0.1) is 0 Å². The van der Waals surface area contributed by atoms with Crippen LogP contribution in [0.15, 0.2) is 23.2 Å². The summed E-state index contributed by atoms with van der Waals surface area (Å²) in [6, 6.07) is 7.10. The van der Waals surface area contributed by atoms with Gasteiger partial charge in [0.2, 0.25) is 0 Å². The van der Waals surface area contributed by atoms with Gasteiger partial charge >= 0.3 is 0 Å². The van der Waals surface area contributed by atoms with Crippen molar-refractivity contribution in [1.29, 1.82) is 0 Å². The summed E-state index contributed by atoms with van der Waals surface area (Å²) in [5, 5.41) is 3.34. The fourth-order valence-corrected chi connectivity index (χ4v) is 3.99. The van der Waals surface area contributed by atoms with Crippen molar-refractivity contribution in [3.63, 3.8) is 0 Å². The number of guanidine groups is 1. The molecular weight excluding hydrogens is 296 g/mol. The third-order valence-electron chi connectivity index (χ3n) is 5.50. The summed E-state index contributed by atoms with van der Waals surface area (Å²) in [6.45, 7) is 5.60. The van der Waals surface area contributed by atoms with Crippen LogP contribution in [0.25, 0.3) is 0 Å². The van der Waals surface area contributed by atoms with Gasteiger partial charge in [-0.2, -0.15) is 0 Å². The molecule has 0 spiro atoms. The summed E-state index contributed by atoms with van der Waals surface area (Å²) in [5.41, 5.74) is 10.2. The second-order valence-corrected chi connectivity index (χ2v) is 7.28. The van der Waals surface area contributed by atoms with Crippen molar-refractivity contribution in [2.24, 2.45) is 10.7 Å². The molecule has 24 heavy (non-hydrogen) atoms. The lowest BCUT2D eigenvalue weighted by molar-refractivity contribution is 0.168. The Balaban J connectivity index is 1.51. The summed E-state index contributed by atoms with van der Waals surface area (Å²) < 4.78 is 0. The van der Waals surface area contributed by atoms with Crippen LogP contribution in [0.1, 0.15) is 56.6 Å². The minimum Gasteiger partial charge on any atom is -0.370 e. The van der Waals surface area contributed by atoms with Gasteiger partial charge in [0.1, 0.15) is 0 Å². The van der Waals surface area contributed by atoms with Gasteiger partial charge in [-0.15, -0.1) is 0 Å². The van der Waals surface area contributed by atoms with Gasteiger partial charge in [-0.05, 0) is 82.2 Å². The first-order valence-corrected chi connectivity index (χ1v) is 9.66. The third-order valence-corrected chi connectivity index (χ3v) is 5.50. The number of aryl methyl sites for hydroxylation is 1. The second kappa shape index (κ2) is 8.52. The summed E-state index contributed by atoms with van der Waals surface area (Å²) in [6.07, 6.45) is 10.1. The van der Waals surface area contributed by atoms with Gasteiger partial charge in [0.15, 0.2) is 5.96 Å². The number of nitrogens with one attached hydrogen (secondary N) is 1. The predicted octanol–water partition coefficient (Wildman–Crippen LogP) is 3.56. The smallest absolute Gasteiger partial charge is 0.193 e. The number of likely N-dealkylation sites (tertiary alicyclic amines) is 1. The number of piperidine rings is 1. The van der Waals surface area contributed by atoms with E-state index in [0.717, 1.165) is 25.1 Å². The highest BCUT2D eigenvalue weighted by atomic mass is 15.2. The molecule has 1 fully saturated rings. The molecule has 0 bridgehead atoms. The molecule has 1 atom stereocenters. The molecule has 0 saturated carbocycles. The van der Waals surface area contributed by atoms with Gasteiger partial charge in [-0.1, -0.05) is 18.6 Å². The Kier molecular flexibility index (Phi) is 6.13. The number of hydrogen-bond acceptors (Lipinski definition) is 2. The Morgan fingerprint density at radius 1 is 1.17 bits per heavy atom. The zero-order chi connectivity index (χ0) is 16.8. The molecule has 0 radical (unpaired) electrons. The van der Waals surface area contributed by atoms with Gasteiger partial charge in [-0.25, -0.2) is 0 Å². The lowest BCUT2D eigenvalue weighted by atomic mass is 9.90. The highest BCUT2D eigenvalue weighted by Crippen LogP contribution is 2.27. The van der Waals surface area contributed by atoms with Gasteiger partial charge in [0.25, 0.3) is 0 Å². The Bertz CT molecular complexity index is 561. The molecule has 4 heteroatoms. The van der Waals surface area contributed by atoms with Crippen molar-refractivity contribution in [3.05, 3.63) is 29.3 Å². The number of nitrogens with zero attached hydrogens (tertiary/aromatic N) is 2. The van der Waals surface area contributed by atoms with E-state index in [-0.39, 0.29) is 0 Å². The Morgan fingerprint density at radius 3 is 2.79 bits per heavy atom. The molecule has 1 aliphatic heterocycles. The van der Waals surface area contributed by atoms with E-state index in [4.69, 9.17) is 5.73 Å². The Labute approximate surface area is 146 Å². The molecule has 3 N–H and O–H groups in total. The number of anilines is 1. The molecule has 1 heterocycles. The summed E-state index contributed by atoms with van der Waals surface area (Å²) in [5.74, 6) is 0.555. The second-order valence-electron chi connectivity index (χ2n) is 7.28. The monoisotopic (exact) mass is 328 g/mol. The summed E-state index contributed by atoms with van der Waals surface area (Å²) in [7, 11) is 0. The first kappa shape index (κ1) is 17.3. The van der Waals surface area contributed by atoms with Crippen LogP contribution < -0.4 is 11.1 Å². The molecule has 132 valence electrons. The number of aliphatic imine (C=N–C) groups is 1. The van der Waals surface area contributed by atoms with Crippen molar-refractivity contribution in [2.75, 3.05) is 25.0 Å². The minimum atomic E-state index is 0.555. The highest BCUT2D eigenvalue weighted by Gasteiger charge is 2.16. The lowest BCUT2D eigenvalue weighted by Crippen LogP contribution is -2.37. The number of fused-ring (bicyclic) bond motifs is 1. The van der Waals surface area contributed by atoms with Crippen LogP contribution in [-0.2, 0) is 12.8 Å². The fraction of sp³-hybridized carbons (Fsp3) is 0.650. The molecule has 1 unspecified atom stereocenters. The maximum Gasteiger partial charge on any atom is 0.193 e. The predicted molar refractivity (Wildman–Crippen MR) is 103 cm³/mol. The standard InChI is InChI=1S/C20H32N4/c1-16(24-14-5-2-6-15-24)12-13-22-20(21)23-19-11-7-9-17-8-3-4-10-18(17)19/h7,9,11,16H,2-6,8,10,12-15H2,1H3,(H3,21,22,23). The van der Waals surface area contributed by atoms with Crippen LogP contribution >= 0.6 is 0 Å². The van der Waals surface area contributed by atoms with Crippen LogP contribution in [0.2, 0.25) is 0 Å². The Morgan fingerprint density at radius 2 is 1.96 bits per heavy atom. The van der Waals surface area contributed by atoms with Crippen molar-refractivity contribution in [3.8, 4) is 0 Å². The van der Waals surface area contributed by atoms with Crippen molar-refractivity contribution < 1.29 is 0 Å². The molecule has 1 aliphatic carbocycles. The van der Waals surface area contributed by atoms with Crippen LogP contribution in [-0.4, -0.2) is 36.5 Å². The number of benzene rings is 1. The molecule has 1 saturated heterocycles. The van der Waals surface area contributed by atoms with E-state index in [0.29, 0.717) is 12.0 Å². The van der Waals surface area contributed by atoms with Crippen LogP contribution in [0.4, 0.5) is 5.69 Å². The minimum absolute atomic E-state index is 0.555. The highest BCUT2D eigenvalue weighted by molar-refractivity contribution is 5.93. The average Bonchev–Trinajstić information content (AvgIpc) is 2.63. The van der Waals surface area contributed by atoms with Gasteiger partial charge < -0.3 is 16.0 Å². The molecule has 2 aliphatic rings. The van der Waals surface area contributed by atoms with Gasteiger partial charge in [0.05, 0.1) is 0 Å². The van der Waals surface area contributed by atoms with E-state index < -0.39 is 0 Å². The maximum atomic E-state index is 6.13. The number of hydrogen-bond donors (Lipinski definition) is 2. The number of nitrogens with two attached hydrogens (primary N) is 1. The quantitative estimate of drug-likeness (QED) is 0.642. The van der Waals surface area contributed by atoms with Crippen molar-refractivity contribution in [1.82, 2.24) is 4.90 Å². The normalized spacial score (nSPS) is 20.5. The van der Waals surface area contributed by atoms with E-state index >= 15 is 0 Å². The van der Waals surface area contributed by atoms with E-state index in [2.05, 4.69) is 40.3 Å². The third kappa shape index (κ3) is 4.50. The molecule has 4 nitrogen and oxygen atoms in total. The van der Waals surface area contributed by atoms with E-state index in [1.54, 1.807) is 0 Å². The summed E-state index contributed by atoms with van der Waals surface area (Å²) >= 11 is 0. The maximum absolute atomic E-state index is 6.13. The largest absolute Gasteiger partial charge is 0.370 e.